The van der Waals surface area contributed by atoms with Crippen LogP contribution in [0.3, 0.4) is 0 Å². The Morgan fingerprint density at radius 3 is 1.39 bits per heavy atom. The number of alkyl halides is 12. The molecular formula is C36H38F12O9. The largest absolute Gasteiger partial charge is 0.458 e. The van der Waals surface area contributed by atoms with E-state index in [4.69, 9.17) is 4.74 Å². The van der Waals surface area contributed by atoms with E-state index in [0.717, 1.165) is 30.9 Å². The van der Waals surface area contributed by atoms with Crippen LogP contribution in [0.2, 0.25) is 0 Å². The first-order chi connectivity index (χ1) is 25.7. The quantitative estimate of drug-likeness (QED) is 0.0698. The highest BCUT2D eigenvalue weighted by Gasteiger charge is 2.81. The maximum atomic E-state index is 13.5. The topological polar surface area (TPSA) is 136 Å². The molecule has 320 valence electrons. The summed E-state index contributed by atoms with van der Waals surface area (Å²) in [7, 11) is 0. The van der Waals surface area contributed by atoms with Crippen LogP contribution in [-0.4, -0.2) is 81.7 Å². The number of cyclic esters (lactones) is 2. The molecule has 6 aliphatic carbocycles. The minimum absolute atomic E-state index is 0.194. The van der Waals surface area contributed by atoms with Crippen LogP contribution in [-0.2, 0) is 33.4 Å². The van der Waals surface area contributed by atoms with Crippen LogP contribution in [0.1, 0.15) is 65.7 Å². The Morgan fingerprint density at radius 1 is 0.667 bits per heavy atom. The van der Waals surface area contributed by atoms with E-state index in [9.17, 15) is 82.1 Å². The second-order valence-electron chi connectivity index (χ2n) is 15.5. The Balaban J connectivity index is 0.000000244. The molecule has 1 heterocycles. The van der Waals surface area contributed by atoms with Gasteiger partial charge in [-0.1, -0.05) is 13.2 Å². The van der Waals surface area contributed by atoms with Crippen molar-refractivity contribution in [1.82, 2.24) is 0 Å². The third-order valence-corrected chi connectivity index (χ3v) is 11.6. The second-order valence-corrected chi connectivity index (χ2v) is 15.5. The van der Waals surface area contributed by atoms with Gasteiger partial charge < -0.3 is 24.4 Å². The summed E-state index contributed by atoms with van der Waals surface area (Å²) in [6.45, 7) is 11.7. The van der Waals surface area contributed by atoms with Gasteiger partial charge in [-0.3, -0.25) is 0 Å². The lowest BCUT2D eigenvalue weighted by Crippen LogP contribution is -2.64. The molecule has 6 bridgehead atoms. The number of hydrogen-bond donors (Lipinski definition) is 2. The Morgan fingerprint density at radius 2 is 1.05 bits per heavy atom. The van der Waals surface area contributed by atoms with E-state index in [1.807, 2.05) is 0 Å². The molecule has 0 aromatic heterocycles. The van der Waals surface area contributed by atoms with Crippen molar-refractivity contribution in [2.45, 2.75) is 113 Å². The molecule has 0 aromatic carbocycles. The lowest BCUT2D eigenvalue weighted by atomic mass is 9.50. The third-order valence-electron chi connectivity index (χ3n) is 11.6. The number of hydrogen-bond acceptors (Lipinski definition) is 9. The van der Waals surface area contributed by atoms with Crippen LogP contribution >= 0.6 is 0 Å². The van der Waals surface area contributed by atoms with Gasteiger partial charge in [0, 0.05) is 29.2 Å². The molecule has 1 aliphatic heterocycles. The van der Waals surface area contributed by atoms with Gasteiger partial charge in [0.05, 0.1) is 0 Å². The summed E-state index contributed by atoms with van der Waals surface area (Å²) in [6, 6.07) is 0. The predicted molar refractivity (Wildman–Crippen MR) is 169 cm³/mol. The summed E-state index contributed by atoms with van der Waals surface area (Å²) in [4.78, 5) is 43.3. The number of halogens is 12. The molecule has 3 unspecified atom stereocenters. The minimum atomic E-state index is -6.86. The van der Waals surface area contributed by atoms with Crippen molar-refractivity contribution >= 4 is 23.9 Å². The van der Waals surface area contributed by atoms with Gasteiger partial charge in [0.25, 0.3) is 11.2 Å². The molecule has 7 aliphatic rings. The molecule has 0 radical (unpaired) electrons. The normalized spacial score (nSPS) is 30.6. The maximum absolute atomic E-state index is 13.5. The van der Waals surface area contributed by atoms with Crippen molar-refractivity contribution in [3.05, 3.63) is 47.6 Å². The summed E-state index contributed by atoms with van der Waals surface area (Å²) in [5, 5.41) is 19.4. The zero-order valence-electron chi connectivity index (χ0n) is 30.3. The summed E-state index contributed by atoms with van der Waals surface area (Å²) in [6.07, 6.45) is -23.0. The minimum Gasteiger partial charge on any atom is -0.458 e. The number of rotatable bonds is 6. The zero-order valence-corrected chi connectivity index (χ0v) is 30.3. The Kier molecular flexibility index (Phi) is 12.1. The van der Waals surface area contributed by atoms with Crippen LogP contribution in [0.15, 0.2) is 47.6 Å². The van der Waals surface area contributed by atoms with Crippen molar-refractivity contribution in [2.24, 2.45) is 35.5 Å². The average molecular weight is 843 g/mol. The lowest BCUT2D eigenvalue weighted by molar-refractivity contribution is -0.364. The smallest absolute Gasteiger partial charge is 0.430 e. The van der Waals surface area contributed by atoms with Gasteiger partial charge in [-0.15, -0.1) is 0 Å². The molecule has 0 saturated heterocycles. The summed E-state index contributed by atoms with van der Waals surface area (Å²) in [5.41, 5.74) is -18.0. The molecule has 21 heteroatoms. The van der Waals surface area contributed by atoms with Crippen molar-refractivity contribution in [3.63, 3.8) is 0 Å². The second kappa shape index (κ2) is 15.1. The Labute approximate surface area is 316 Å². The fourth-order valence-electron chi connectivity index (χ4n) is 9.09. The molecule has 57 heavy (non-hydrogen) atoms. The summed E-state index contributed by atoms with van der Waals surface area (Å²) in [5.74, 6) is -4.68. The number of carbonyl (C=O) groups excluding carboxylic acids is 4. The average Bonchev–Trinajstić information content (AvgIpc) is 3.74. The fourth-order valence-corrected chi connectivity index (χ4v) is 9.09. The lowest BCUT2D eigenvalue weighted by Gasteiger charge is -2.59. The fraction of sp³-hybridized carbons (Fsp3) is 0.667. The molecular weight excluding hydrogens is 804 g/mol. The standard InChI is InChI=1S/C17H14F12O4.C15H22O2.C4H2O3/c1-5(2)11(30)33-8-4-6-3-7(8)10(13(32,16(24,25)26)17(27,28)29)9(6)12(31,14(18,19)20)15(21,22)23;1-9(2)14(16)17-15(3)12-5-10-4-11(7-12)8-13(15)6-10;5-3-1-2-4(6)7-3/h6-8,31-32H,1,3-4H2,2H3;10-13H,1,4-8H2,2-3H3;1-2H. The maximum Gasteiger partial charge on any atom is 0.430 e. The van der Waals surface area contributed by atoms with Crippen molar-refractivity contribution in [1.29, 1.82) is 0 Å². The van der Waals surface area contributed by atoms with E-state index < -0.39 is 101 Å². The Bertz CT molecular complexity index is 1660. The van der Waals surface area contributed by atoms with Crippen LogP contribution in [0.5, 0.6) is 0 Å². The molecule has 0 spiro atoms. The summed E-state index contributed by atoms with van der Waals surface area (Å²) >= 11 is 0. The van der Waals surface area contributed by atoms with Gasteiger partial charge in [0.15, 0.2) is 0 Å². The zero-order chi connectivity index (χ0) is 43.6. The molecule has 5 fully saturated rings. The summed E-state index contributed by atoms with van der Waals surface area (Å²) < 4.78 is 176. The van der Waals surface area contributed by atoms with E-state index in [1.54, 1.807) is 6.92 Å². The first kappa shape index (κ1) is 45.8. The van der Waals surface area contributed by atoms with Crippen LogP contribution in [0.4, 0.5) is 52.7 Å². The first-order valence-electron chi connectivity index (χ1n) is 17.4. The van der Waals surface area contributed by atoms with Crippen molar-refractivity contribution < 1.29 is 96.3 Å². The van der Waals surface area contributed by atoms with Gasteiger partial charge >= 0.3 is 48.6 Å². The molecule has 0 aromatic rings. The highest BCUT2D eigenvalue weighted by molar-refractivity contribution is 6.04. The number of esters is 4. The first-order valence-corrected chi connectivity index (χ1v) is 17.4. The number of carbonyl (C=O) groups is 4. The number of ether oxygens (including phenoxy) is 3. The highest BCUT2D eigenvalue weighted by atomic mass is 19.4. The molecule has 9 nitrogen and oxygen atoms in total. The van der Waals surface area contributed by atoms with Crippen LogP contribution in [0, 0.1) is 35.5 Å². The van der Waals surface area contributed by atoms with Gasteiger partial charge in [0.1, 0.15) is 11.7 Å². The van der Waals surface area contributed by atoms with Gasteiger partial charge in [-0.05, 0) is 106 Å². The van der Waals surface area contributed by atoms with Crippen LogP contribution < -0.4 is 0 Å². The number of aliphatic hydroxyl groups is 2. The van der Waals surface area contributed by atoms with Crippen molar-refractivity contribution in [3.8, 4) is 0 Å². The van der Waals surface area contributed by atoms with Gasteiger partial charge in [0.2, 0.25) is 0 Å². The molecule has 0 amide bonds. The van der Waals surface area contributed by atoms with E-state index >= 15 is 0 Å². The number of fused-ring (bicyclic) bond motifs is 2. The van der Waals surface area contributed by atoms with E-state index in [2.05, 4.69) is 29.6 Å². The monoisotopic (exact) mass is 842 g/mol. The molecule has 2 N–H and O–H groups in total. The SMILES string of the molecule is C=C(C)C(=O)OC1(C)C2CC3CC(C2)CC1C3.C=C(C)C(=O)OC1CC2CC1C(C(O)(C(F)(F)F)C(F)(F)F)=C2C(O)(C(F)(F)F)C(F)(F)F.O=C1C=CC(=O)O1. The van der Waals surface area contributed by atoms with Gasteiger partial charge in [-0.25, -0.2) is 19.2 Å². The van der Waals surface area contributed by atoms with E-state index in [1.165, 1.54) is 32.1 Å². The van der Waals surface area contributed by atoms with E-state index in [-0.39, 0.29) is 11.6 Å². The third kappa shape index (κ3) is 8.23. The van der Waals surface area contributed by atoms with E-state index in [0.29, 0.717) is 17.4 Å². The predicted octanol–water partition coefficient (Wildman–Crippen LogP) is 7.47. The molecule has 7 rings (SSSR count). The van der Waals surface area contributed by atoms with Crippen molar-refractivity contribution in [2.75, 3.05) is 0 Å². The highest BCUT2D eigenvalue weighted by Crippen LogP contribution is 2.65. The molecule has 3 atom stereocenters. The van der Waals surface area contributed by atoms with Gasteiger partial charge in [-0.2, -0.15) is 52.7 Å². The molecule has 5 saturated carbocycles. The van der Waals surface area contributed by atoms with Crippen LogP contribution in [0.25, 0.3) is 0 Å². The Hall–Kier alpha value is -3.88.